The Labute approximate surface area is 110 Å². The van der Waals surface area contributed by atoms with Crippen LogP contribution in [0.5, 0.6) is 5.75 Å². The van der Waals surface area contributed by atoms with E-state index in [-0.39, 0.29) is 4.90 Å². The van der Waals surface area contributed by atoms with E-state index in [1.165, 1.54) is 17.7 Å². The molecule has 0 N–H and O–H groups in total. The Bertz CT molecular complexity index is 536. The van der Waals surface area contributed by atoms with Crippen LogP contribution in [0, 0.1) is 6.92 Å². The number of ether oxygens (including phenoxy) is 1. The fourth-order valence-electron chi connectivity index (χ4n) is 1.16. The summed E-state index contributed by atoms with van der Waals surface area (Å²) in [5, 5.41) is 0. The fraction of sp³-hybridized carbons (Fsp3) is 0.273. The zero-order chi connectivity index (χ0) is 13.1. The summed E-state index contributed by atoms with van der Waals surface area (Å²) in [4.78, 5) is 0.0635. The summed E-state index contributed by atoms with van der Waals surface area (Å²) < 4.78 is 27.7. The predicted molar refractivity (Wildman–Crippen MR) is 69.3 cm³/mol. The molecule has 0 aromatic heterocycles. The van der Waals surface area contributed by atoms with Crippen molar-refractivity contribution in [3.63, 3.8) is 0 Å². The van der Waals surface area contributed by atoms with Gasteiger partial charge in [0.25, 0.3) is 9.05 Å². The summed E-state index contributed by atoms with van der Waals surface area (Å²) >= 11 is 5.50. The minimum absolute atomic E-state index is 0.0635. The van der Waals surface area contributed by atoms with E-state index < -0.39 is 9.05 Å². The molecule has 0 aliphatic heterocycles. The predicted octanol–water partition coefficient (Wildman–Crippen LogP) is 3.44. The van der Waals surface area contributed by atoms with Crippen LogP contribution in [0.4, 0.5) is 0 Å². The maximum atomic E-state index is 11.1. The molecule has 1 aromatic rings. The molecule has 0 heterocycles. The van der Waals surface area contributed by atoms with Gasteiger partial charge in [0.15, 0.2) is 0 Å². The summed E-state index contributed by atoms with van der Waals surface area (Å²) in [6, 6.07) is 4.45. The molecule has 1 rings (SSSR count). The first-order chi connectivity index (χ1) is 7.84. The van der Waals surface area contributed by atoms with Crippen molar-refractivity contribution in [1.82, 2.24) is 0 Å². The summed E-state index contributed by atoms with van der Waals surface area (Å²) in [6.07, 6.45) is 0. The van der Waals surface area contributed by atoms with Gasteiger partial charge in [0.2, 0.25) is 0 Å². The lowest BCUT2D eigenvalue weighted by molar-refractivity contribution is 0.349. The Morgan fingerprint density at radius 1 is 1.47 bits per heavy atom. The van der Waals surface area contributed by atoms with Crippen molar-refractivity contribution in [3.05, 3.63) is 34.9 Å². The molecule has 17 heavy (non-hydrogen) atoms. The average Bonchev–Trinajstić information content (AvgIpc) is 2.25. The van der Waals surface area contributed by atoms with Crippen molar-refractivity contribution in [2.24, 2.45) is 0 Å². The summed E-state index contributed by atoms with van der Waals surface area (Å²) in [6.45, 7) is 3.94. The topological polar surface area (TPSA) is 43.4 Å². The van der Waals surface area contributed by atoms with Crippen LogP contribution in [0.3, 0.4) is 0 Å². The third-order valence-electron chi connectivity index (χ3n) is 2.07. The van der Waals surface area contributed by atoms with Gasteiger partial charge in [-0.05, 0) is 43.2 Å². The zero-order valence-electron chi connectivity index (χ0n) is 9.41. The summed E-state index contributed by atoms with van der Waals surface area (Å²) in [5.41, 5.74) is 3.02. The van der Waals surface area contributed by atoms with E-state index in [1.54, 1.807) is 13.0 Å². The lowest BCUT2D eigenvalue weighted by atomic mass is 10.2. The Morgan fingerprint density at radius 2 is 2.12 bits per heavy atom. The van der Waals surface area contributed by atoms with Crippen LogP contribution in [0.2, 0.25) is 0 Å². The molecule has 3 nitrogen and oxygen atoms in total. The first kappa shape index (κ1) is 14.4. The Hall–Kier alpha value is -0.710. The molecule has 0 spiro atoms. The van der Waals surface area contributed by atoms with Crippen molar-refractivity contribution in [2.75, 3.05) is 6.61 Å². The highest BCUT2D eigenvalue weighted by Crippen LogP contribution is 2.24. The SMILES string of the molecule is C/C(=C/Cl)COc1ccc(S(=O)(=O)Cl)cc1C. The quantitative estimate of drug-likeness (QED) is 0.799. The molecule has 0 radical (unpaired) electrons. The van der Waals surface area contributed by atoms with E-state index in [4.69, 9.17) is 27.0 Å². The van der Waals surface area contributed by atoms with Gasteiger partial charge in [0.05, 0.1) is 4.90 Å². The van der Waals surface area contributed by atoms with Gasteiger partial charge in [-0.1, -0.05) is 11.6 Å². The van der Waals surface area contributed by atoms with Gasteiger partial charge in [0, 0.05) is 16.2 Å². The summed E-state index contributed by atoms with van der Waals surface area (Å²) in [5.74, 6) is 0.604. The second-order valence-corrected chi connectivity index (χ2v) is 6.39. The normalized spacial score (nSPS) is 12.6. The van der Waals surface area contributed by atoms with Crippen LogP contribution in [-0.2, 0) is 9.05 Å². The maximum absolute atomic E-state index is 11.1. The Kier molecular flexibility index (Phi) is 4.86. The molecule has 0 bridgehead atoms. The highest BCUT2D eigenvalue weighted by molar-refractivity contribution is 8.13. The van der Waals surface area contributed by atoms with Gasteiger partial charge >= 0.3 is 0 Å². The molecule has 0 aliphatic rings. The van der Waals surface area contributed by atoms with Gasteiger partial charge in [-0.25, -0.2) is 8.42 Å². The first-order valence-electron chi connectivity index (χ1n) is 4.78. The molecule has 0 saturated carbocycles. The molecular formula is C11H12Cl2O3S. The fourth-order valence-corrected chi connectivity index (χ4v) is 2.06. The smallest absolute Gasteiger partial charge is 0.261 e. The summed E-state index contributed by atoms with van der Waals surface area (Å²) in [7, 11) is 1.54. The van der Waals surface area contributed by atoms with Gasteiger partial charge < -0.3 is 4.74 Å². The molecule has 1 aromatic carbocycles. The minimum Gasteiger partial charge on any atom is -0.489 e. The third kappa shape index (κ3) is 4.22. The van der Waals surface area contributed by atoms with Crippen molar-refractivity contribution in [2.45, 2.75) is 18.7 Å². The van der Waals surface area contributed by atoms with Crippen LogP contribution in [0.25, 0.3) is 0 Å². The van der Waals surface area contributed by atoms with Gasteiger partial charge in [-0.15, -0.1) is 0 Å². The average molecular weight is 295 g/mol. The molecular weight excluding hydrogens is 283 g/mol. The molecule has 0 unspecified atom stereocenters. The van der Waals surface area contributed by atoms with E-state index in [0.717, 1.165) is 5.57 Å². The van der Waals surface area contributed by atoms with Gasteiger partial charge in [-0.3, -0.25) is 0 Å². The van der Waals surface area contributed by atoms with Crippen LogP contribution in [0.1, 0.15) is 12.5 Å². The van der Waals surface area contributed by atoms with E-state index in [0.29, 0.717) is 17.9 Å². The van der Waals surface area contributed by atoms with E-state index in [1.807, 2.05) is 6.92 Å². The molecule has 0 saturated heterocycles. The molecule has 94 valence electrons. The molecule has 0 amide bonds. The Balaban J connectivity index is 2.91. The number of rotatable bonds is 4. The van der Waals surface area contributed by atoms with E-state index in [9.17, 15) is 8.42 Å². The highest BCUT2D eigenvalue weighted by atomic mass is 35.7. The number of benzene rings is 1. The minimum atomic E-state index is -3.69. The third-order valence-corrected chi connectivity index (χ3v) is 3.79. The van der Waals surface area contributed by atoms with Gasteiger partial charge in [-0.2, -0.15) is 0 Å². The molecule has 0 atom stereocenters. The molecule has 0 fully saturated rings. The first-order valence-corrected chi connectivity index (χ1v) is 7.53. The monoisotopic (exact) mass is 294 g/mol. The maximum Gasteiger partial charge on any atom is 0.261 e. The zero-order valence-corrected chi connectivity index (χ0v) is 11.7. The van der Waals surface area contributed by atoms with Crippen molar-refractivity contribution < 1.29 is 13.2 Å². The largest absolute Gasteiger partial charge is 0.489 e. The van der Waals surface area contributed by atoms with Crippen LogP contribution in [0.15, 0.2) is 34.2 Å². The standard InChI is InChI=1S/C11H12Cl2O3S/c1-8(6-12)7-16-11-4-3-10(5-9(11)2)17(13,14)15/h3-6H,7H2,1-2H3/b8-6-. The second kappa shape index (κ2) is 5.76. The van der Waals surface area contributed by atoms with Crippen molar-refractivity contribution in [1.29, 1.82) is 0 Å². The molecule has 0 aliphatic carbocycles. The lowest BCUT2D eigenvalue weighted by Crippen LogP contribution is -2.00. The van der Waals surface area contributed by atoms with Crippen LogP contribution >= 0.6 is 22.3 Å². The number of aryl methyl sites for hydroxylation is 1. The second-order valence-electron chi connectivity index (χ2n) is 3.61. The van der Waals surface area contributed by atoms with Crippen molar-refractivity contribution in [3.8, 4) is 5.75 Å². The number of hydrogen-bond donors (Lipinski definition) is 0. The number of hydrogen-bond acceptors (Lipinski definition) is 3. The van der Waals surface area contributed by atoms with Crippen LogP contribution < -0.4 is 4.74 Å². The Morgan fingerprint density at radius 3 is 2.59 bits per heavy atom. The lowest BCUT2D eigenvalue weighted by Gasteiger charge is -2.09. The van der Waals surface area contributed by atoms with E-state index >= 15 is 0 Å². The van der Waals surface area contributed by atoms with E-state index in [2.05, 4.69) is 0 Å². The highest BCUT2D eigenvalue weighted by Gasteiger charge is 2.11. The van der Waals surface area contributed by atoms with Crippen LogP contribution in [-0.4, -0.2) is 15.0 Å². The molecule has 6 heteroatoms. The van der Waals surface area contributed by atoms with Crippen molar-refractivity contribution >= 4 is 31.3 Å². The van der Waals surface area contributed by atoms with Gasteiger partial charge in [0.1, 0.15) is 12.4 Å². The number of halogens is 2.